The van der Waals surface area contributed by atoms with Gasteiger partial charge in [-0.15, -0.1) is 0 Å². The maximum Gasteiger partial charge on any atom is 0.0553 e. The Morgan fingerprint density at radius 3 is 1.89 bits per heavy atom. The van der Waals surface area contributed by atoms with E-state index < -0.39 is 0 Å². The van der Waals surface area contributed by atoms with Crippen molar-refractivity contribution in [2.24, 2.45) is 0 Å². The Morgan fingerprint density at radius 1 is 0.511 bits per heavy atom. The zero-order valence-corrected chi connectivity index (χ0v) is 25.4. The van der Waals surface area contributed by atoms with Crippen LogP contribution in [-0.4, -0.2) is 4.57 Å². The van der Waals surface area contributed by atoms with Crippen molar-refractivity contribution in [3.05, 3.63) is 173 Å². The van der Waals surface area contributed by atoms with E-state index in [0.717, 1.165) is 0 Å². The van der Waals surface area contributed by atoms with Gasteiger partial charge in [-0.05, 0) is 79.5 Å². The summed E-state index contributed by atoms with van der Waals surface area (Å²) in [6.07, 6.45) is 0. The smallest absolute Gasteiger partial charge is 0.0553 e. The van der Waals surface area contributed by atoms with Crippen LogP contribution in [0.1, 0.15) is 47.6 Å². The van der Waals surface area contributed by atoms with E-state index in [4.69, 9.17) is 0 Å². The van der Waals surface area contributed by atoms with Crippen LogP contribution in [0.15, 0.2) is 146 Å². The monoisotopic (exact) mass is 573 g/mol. The fourth-order valence-electron chi connectivity index (χ4n) is 8.69. The van der Waals surface area contributed by atoms with E-state index in [2.05, 4.69) is 164 Å². The van der Waals surface area contributed by atoms with Crippen molar-refractivity contribution >= 4 is 32.6 Å². The van der Waals surface area contributed by atoms with Crippen molar-refractivity contribution in [3.63, 3.8) is 0 Å². The molecule has 0 spiro atoms. The van der Waals surface area contributed by atoms with Gasteiger partial charge in [0.1, 0.15) is 0 Å². The first-order chi connectivity index (χ1) is 22.1. The number of hydrogen-bond donors (Lipinski definition) is 0. The lowest BCUT2D eigenvalue weighted by molar-refractivity contribution is 0.645. The van der Waals surface area contributed by atoms with Crippen LogP contribution in [0.3, 0.4) is 0 Å². The molecule has 2 aliphatic rings. The molecular weight excluding hydrogens is 542 g/mol. The Morgan fingerprint density at radius 2 is 1.13 bits per heavy atom. The SMILES string of the molecule is CC1(C)c2ccccc2-c2c3c1cccc3cc1c2c2ccccc2n1-c1ccc(C2c3ccccc3-c3ccccc32)cc1. The predicted molar refractivity (Wildman–Crippen MR) is 189 cm³/mol. The van der Waals surface area contributed by atoms with Crippen molar-refractivity contribution in [1.82, 2.24) is 4.57 Å². The molecule has 0 amide bonds. The molecule has 45 heavy (non-hydrogen) atoms. The molecule has 1 heteroatoms. The van der Waals surface area contributed by atoms with E-state index in [9.17, 15) is 0 Å². The minimum Gasteiger partial charge on any atom is -0.309 e. The van der Waals surface area contributed by atoms with Gasteiger partial charge in [-0.3, -0.25) is 0 Å². The second-order valence-corrected chi connectivity index (χ2v) is 13.3. The van der Waals surface area contributed by atoms with Crippen LogP contribution in [-0.2, 0) is 5.41 Å². The van der Waals surface area contributed by atoms with Crippen LogP contribution in [0.4, 0.5) is 0 Å². The lowest BCUT2D eigenvalue weighted by Gasteiger charge is -2.35. The second-order valence-electron chi connectivity index (χ2n) is 13.3. The normalized spacial score (nSPS) is 14.5. The standard InChI is InChI=1S/C44H31N/c1-44(2)36-19-9-7-17-34(36)43-41-28(12-11-20-37(41)44)26-39-42(43)35-18-8-10-21-38(35)45(39)29-24-22-27(23-25-29)40-32-15-5-3-13-30(32)31-14-4-6-16-33(31)40/h3-26,40H,1-2H3. The summed E-state index contributed by atoms with van der Waals surface area (Å²) in [4.78, 5) is 0. The first kappa shape index (κ1) is 25.0. The topological polar surface area (TPSA) is 4.93 Å². The van der Waals surface area contributed by atoms with Crippen LogP contribution in [0.5, 0.6) is 0 Å². The highest BCUT2D eigenvalue weighted by molar-refractivity contribution is 6.24. The molecule has 0 unspecified atom stereocenters. The molecule has 0 fully saturated rings. The Balaban J connectivity index is 1.24. The van der Waals surface area contributed by atoms with E-state index in [1.54, 1.807) is 0 Å². The highest BCUT2D eigenvalue weighted by Crippen LogP contribution is 2.53. The summed E-state index contributed by atoms with van der Waals surface area (Å²) in [5, 5.41) is 5.34. The number of para-hydroxylation sites is 1. The zero-order chi connectivity index (χ0) is 29.9. The van der Waals surface area contributed by atoms with Crippen LogP contribution in [0.2, 0.25) is 0 Å². The minimum atomic E-state index is -0.0670. The largest absolute Gasteiger partial charge is 0.309 e. The van der Waals surface area contributed by atoms with E-state index in [1.165, 1.54) is 88.3 Å². The van der Waals surface area contributed by atoms with Gasteiger partial charge < -0.3 is 4.57 Å². The van der Waals surface area contributed by atoms with Gasteiger partial charge in [0.25, 0.3) is 0 Å². The molecule has 0 saturated heterocycles. The van der Waals surface area contributed by atoms with Crippen molar-refractivity contribution in [2.45, 2.75) is 25.2 Å². The van der Waals surface area contributed by atoms with E-state index in [1.807, 2.05) is 0 Å². The summed E-state index contributed by atoms with van der Waals surface area (Å²) >= 11 is 0. The summed E-state index contributed by atoms with van der Waals surface area (Å²) in [5.74, 6) is 0.247. The number of nitrogens with zero attached hydrogens (tertiary/aromatic N) is 1. The summed E-state index contributed by atoms with van der Waals surface area (Å²) < 4.78 is 2.48. The Kier molecular flexibility index (Phi) is 4.90. The van der Waals surface area contributed by atoms with Gasteiger partial charge in [-0.1, -0.05) is 135 Å². The third kappa shape index (κ3) is 3.23. The third-order valence-electron chi connectivity index (χ3n) is 10.7. The molecule has 1 aromatic heterocycles. The molecule has 0 aliphatic heterocycles. The van der Waals surface area contributed by atoms with Crippen molar-refractivity contribution in [3.8, 4) is 27.9 Å². The van der Waals surface area contributed by atoms with Gasteiger partial charge in [-0.2, -0.15) is 0 Å². The molecule has 8 aromatic rings. The third-order valence-corrected chi connectivity index (χ3v) is 10.7. The molecule has 2 aliphatic carbocycles. The Bertz CT molecular complexity index is 2460. The number of benzene rings is 7. The molecule has 7 aromatic carbocycles. The molecule has 0 radical (unpaired) electrons. The first-order valence-electron chi connectivity index (χ1n) is 16.0. The highest BCUT2D eigenvalue weighted by atomic mass is 15.0. The molecule has 0 saturated carbocycles. The summed E-state index contributed by atoms with van der Waals surface area (Å²) in [6.45, 7) is 4.75. The minimum absolute atomic E-state index is 0.0670. The van der Waals surface area contributed by atoms with Crippen molar-refractivity contribution in [2.75, 3.05) is 0 Å². The highest BCUT2D eigenvalue weighted by Gasteiger charge is 2.35. The summed E-state index contributed by atoms with van der Waals surface area (Å²) in [5.41, 5.74) is 16.0. The average Bonchev–Trinajstić information content (AvgIpc) is 3.59. The van der Waals surface area contributed by atoms with Gasteiger partial charge in [0.05, 0.1) is 11.0 Å². The van der Waals surface area contributed by atoms with Gasteiger partial charge in [0.15, 0.2) is 0 Å². The molecule has 0 N–H and O–H groups in total. The molecule has 10 rings (SSSR count). The van der Waals surface area contributed by atoms with Gasteiger partial charge in [0.2, 0.25) is 0 Å². The van der Waals surface area contributed by atoms with E-state index in [0.29, 0.717) is 0 Å². The van der Waals surface area contributed by atoms with E-state index in [-0.39, 0.29) is 11.3 Å². The number of rotatable bonds is 2. The molecule has 0 atom stereocenters. The number of fused-ring (bicyclic) bond motifs is 9. The van der Waals surface area contributed by atoms with Crippen molar-refractivity contribution < 1.29 is 0 Å². The quantitative estimate of drug-likeness (QED) is 0.194. The lowest BCUT2D eigenvalue weighted by Crippen LogP contribution is -2.23. The molecule has 1 nitrogen and oxygen atoms in total. The summed E-state index contributed by atoms with van der Waals surface area (Å²) in [6, 6.07) is 54.4. The second kappa shape index (κ2) is 8.83. The average molecular weight is 574 g/mol. The zero-order valence-electron chi connectivity index (χ0n) is 25.4. The maximum absolute atomic E-state index is 2.48. The van der Waals surface area contributed by atoms with Crippen LogP contribution in [0, 0.1) is 0 Å². The van der Waals surface area contributed by atoms with Crippen LogP contribution >= 0.6 is 0 Å². The fourth-order valence-corrected chi connectivity index (χ4v) is 8.69. The van der Waals surface area contributed by atoms with Crippen LogP contribution in [0.25, 0.3) is 60.5 Å². The first-order valence-corrected chi connectivity index (χ1v) is 16.0. The van der Waals surface area contributed by atoms with E-state index >= 15 is 0 Å². The molecule has 212 valence electrons. The Labute approximate surface area is 263 Å². The van der Waals surface area contributed by atoms with Crippen molar-refractivity contribution in [1.29, 1.82) is 0 Å². The Hall–Kier alpha value is -5.40. The summed E-state index contributed by atoms with van der Waals surface area (Å²) in [7, 11) is 0. The fraction of sp³-hybridized carbons (Fsp3) is 0.0909. The molecule has 1 heterocycles. The van der Waals surface area contributed by atoms with Crippen LogP contribution < -0.4 is 0 Å². The van der Waals surface area contributed by atoms with Gasteiger partial charge in [-0.25, -0.2) is 0 Å². The van der Waals surface area contributed by atoms with Gasteiger partial charge in [0, 0.05) is 33.4 Å². The molecule has 0 bridgehead atoms. The lowest BCUT2D eigenvalue weighted by atomic mass is 9.68. The van der Waals surface area contributed by atoms with Gasteiger partial charge >= 0.3 is 0 Å². The predicted octanol–water partition coefficient (Wildman–Crippen LogP) is 11.4. The number of hydrogen-bond acceptors (Lipinski definition) is 0. The maximum atomic E-state index is 2.48. The number of aromatic nitrogens is 1. The molecular formula is C44H31N.